The van der Waals surface area contributed by atoms with Gasteiger partial charge in [-0.3, -0.25) is 0 Å². The van der Waals surface area contributed by atoms with Gasteiger partial charge in [0.25, 0.3) is 0 Å². The van der Waals surface area contributed by atoms with Gasteiger partial charge in [-0.15, -0.1) is 0 Å². The SMILES string of the molecule is CCC1(CNc2c(Cl)cc(N)cc2C(=O)OC)CCC1. The number of nitrogen functional groups attached to an aromatic ring is 1. The molecule has 0 aliphatic heterocycles. The molecule has 0 amide bonds. The number of esters is 1. The third-order valence-corrected chi connectivity index (χ3v) is 4.62. The van der Waals surface area contributed by atoms with Gasteiger partial charge in [0, 0.05) is 12.2 Å². The van der Waals surface area contributed by atoms with Gasteiger partial charge >= 0.3 is 5.97 Å². The van der Waals surface area contributed by atoms with Crippen LogP contribution in [-0.4, -0.2) is 19.6 Å². The van der Waals surface area contributed by atoms with Crippen molar-refractivity contribution >= 4 is 28.9 Å². The smallest absolute Gasteiger partial charge is 0.340 e. The molecule has 1 fully saturated rings. The molecule has 4 nitrogen and oxygen atoms in total. The van der Waals surface area contributed by atoms with Gasteiger partial charge in [0.15, 0.2) is 0 Å². The fraction of sp³-hybridized carbons (Fsp3) is 0.533. The van der Waals surface area contributed by atoms with Gasteiger partial charge in [0.2, 0.25) is 0 Å². The molecule has 0 aromatic heterocycles. The minimum absolute atomic E-state index is 0.331. The number of methoxy groups -OCH3 is 1. The van der Waals surface area contributed by atoms with Crippen LogP contribution in [0, 0.1) is 5.41 Å². The lowest BCUT2D eigenvalue weighted by molar-refractivity contribution is 0.0601. The average molecular weight is 297 g/mol. The van der Waals surface area contributed by atoms with Gasteiger partial charge in [-0.1, -0.05) is 24.9 Å². The fourth-order valence-electron chi connectivity index (χ4n) is 2.69. The van der Waals surface area contributed by atoms with Crippen molar-refractivity contribution in [1.82, 2.24) is 0 Å². The molecule has 0 unspecified atom stereocenters. The Hall–Kier alpha value is -1.42. The molecule has 2 rings (SSSR count). The van der Waals surface area contributed by atoms with Crippen molar-refractivity contribution < 1.29 is 9.53 Å². The average Bonchev–Trinajstić information content (AvgIpc) is 2.38. The highest BCUT2D eigenvalue weighted by Gasteiger charge is 2.35. The number of rotatable bonds is 5. The Labute approximate surface area is 124 Å². The molecule has 1 aromatic rings. The molecule has 0 radical (unpaired) electrons. The molecular weight excluding hydrogens is 276 g/mol. The molecule has 0 heterocycles. The summed E-state index contributed by atoms with van der Waals surface area (Å²) in [6.45, 7) is 3.02. The van der Waals surface area contributed by atoms with Crippen LogP contribution in [0.4, 0.5) is 11.4 Å². The summed E-state index contributed by atoms with van der Waals surface area (Å²) in [5.74, 6) is -0.430. The highest BCUT2D eigenvalue weighted by molar-refractivity contribution is 6.34. The second-order valence-electron chi connectivity index (χ2n) is 5.48. The van der Waals surface area contributed by atoms with Crippen molar-refractivity contribution in [2.45, 2.75) is 32.6 Å². The summed E-state index contributed by atoms with van der Waals surface area (Å²) < 4.78 is 4.79. The molecule has 1 aromatic carbocycles. The van der Waals surface area contributed by atoms with Crippen LogP contribution in [0.1, 0.15) is 43.0 Å². The number of nitrogens with two attached hydrogens (primary N) is 1. The van der Waals surface area contributed by atoms with Crippen LogP contribution in [0.2, 0.25) is 5.02 Å². The number of ether oxygens (including phenoxy) is 1. The summed E-state index contributed by atoms with van der Waals surface area (Å²) in [5.41, 5.74) is 7.54. The number of carbonyl (C=O) groups excluding carboxylic acids is 1. The van der Waals surface area contributed by atoms with Crippen molar-refractivity contribution in [1.29, 1.82) is 0 Å². The molecule has 5 heteroatoms. The minimum atomic E-state index is -0.430. The predicted molar refractivity (Wildman–Crippen MR) is 82.3 cm³/mol. The van der Waals surface area contributed by atoms with E-state index in [0.29, 0.717) is 27.4 Å². The van der Waals surface area contributed by atoms with E-state index >= 15 is 0 Å². The van der Waals surface area contributed by atoms with E-state index in [2.05, 4.69) is 12.2 Å². The first-order chi connectivity index (χ1) is 9.51. The van der Waals surface area contributed by atoms with Crippen LogP contribution in [0.15, 0.2) is 12.1 Å². The van der Waals surface area contributed by atoms with E-state index in [4.69, 9.17) is 22.1 Å². The second-order valence-corrected chi connectivity index (χ2v) is 5.88. The van der Waals surface area contributed by atoms with E-state index in [0.717, 1.165) is 13.0 Å². The van der Waals surface area contributed by atoms with E-state index in [1.54, 1.807) is 12.1 Å². The predicted octanol–water partition coefficient (Wildman–Crippen LogP) is 3.70. The molecule has 1 aliphatic rings. The normalized spacial score (nSPS) is 16.4. The molecule has 1 saturated carbocycles. The quantitative estimate of drug-likeness (QED) is 0.642. The summed E-state index contributed by atoms with van der Waals surface area (Å²) >= 11 is 6.22. The highest BCUT2D eigenvalue weighted by Crippen LogP contribution is 2.44. The molecule has 0 spiro atoms. The Morgan fingerprint density at radius 1 is 1.50 bits per heavy atom. The van der Waals surface area contributed by atoms with Gasteiger partial charge < -0.3 is 15.8 Å². The van der Waals surface area contributed by atoms with Gasteiger partial charge in [-0.05, 0) is 36.8 Å². The minimum Gasteiger partial charge on any atom is -0.465 e. The lowest BCUT2D eigenvalue weighted by Gasteiger charge is -2.41. The maximum Gasteiger partial charge on any atom is 0.340 e. The molecule has 20 heavy (non-hydrogen) atoms. The zero-order valence-corrected chi connectivity index (χ0v) is 12.7. The molecular formula is C15H21ClN2O2. The number of benzene rings is 1. The first-order valence-electron chi connectivity index (χ1n) is 6.92. The van der Waals surface area contributed by atoms with E-state index in [1.165, 1.54) is 26.4 Å². The molecule has 0 atom stereocenters. The Bertz CT molecular complexity index is 507. The lowest BCUT2D eigenvalue weighted by atomic mass is 9.67. The number of hydrogen-bond acceptors (Lipinski definition) is 4. The molecule has 0 saturated heterocycles. The Morgan fingerprint density at radius 2 is 2.20 bits per heavy atom. The van der Waals surface area contributed by atoms with Crippen LogP contribution in [-0.2, 0) is 4.74 Å². The van der Waals surface area contributed by atoms with Crippen LogP contribution >= 0.6 is 11.6 Å². The third-order valence-electron chi connectivity index (χ3n) is 4.32. The zero-order valence-electron chi connectivity index (χ0n) is 12.0. The zero-order chi connectivity index (χ0) is 14.8. The number of hydrogen-bond donors (Lipinski definition) is 2. The summed E-state index contributed by atoms with van der Waals surface area (Å²) in [5, 5.41) is 3.78. The maximum absolute atomic E-state index is 11.8. The van der Waals surface area contributed by atoms with Crippen LogP contribution in [0.3, 0.4) is 0 Å². The first-order valence-corrected chi connectivity index (χ1v) is 7.30. The first kappa shape index (κ1) is 15.0. The Balaban J connectivity index is 2.23. The summed E-state index contributed by atoms with van der Waals surface area (Å²) in [4.78, 5) is 11.8. The number of halogens is 1. The molecule has 0 bridgehead atoms. The Kier molecular flexibility index (Phi) is 4.43. The van der Waals surface area contributed by atoms with E-state index < -0.39 is 5.97 Å². The number of anilines is 2. The lowest BCUT2D eigenvalue weighted by Crippen LogP contribution is -2.36. The van der Waals surface area contributed by atoms with Crippen molar-refractivity contribution in [2.24, 2.45) is 5.41 Å². The van der Waals surface area contributed by atoms with Gasteiger partial charge in [0.1, 0.15) is 0 Å². The van der Waals surface area contributed by atoms with Crippen LogP contribution < -0.4 is 11.1 Å². The van der Waals surface area contributed by atoms with Gasteiger partial charge in [0.05, 0.1) is 23.4 Å². The molecule has 3 N–H and O–H groups in total. The third kappa shape index (κ3) is 2.85. The Morgan fingerprint density at radius 3 is 2.70 bits per heavy atom. The van der Waals surface area contributed by atoms with Crippen molar-refractivity contribution in [2.75, 3.05) is 24.7 Å². The van der Waals surface area contributed by atoms with Crippen LogP contribution in [0.25, 0.3) is 0 Å². The van der Waals surface area contributed by atoms with Crippen molar-refractivity contribution in [3.8, 4) is 0 Å². The topological polar surface area (TPSA) is 64.3 Å². The van der Waals surface area contributed by atoms with E-state index in [9.17, 15) is 4.79 Å². The monoisotopic (exact) mass is 296 g/mol. The summed E-state index contributed by atoms with van der Waals surface area (Å²) in [6, 6.07) is 3.25. The maximum atomic E-state index is 11.8. The van der Waals surface area contributed by atoms with Crippen molar-refractivity contribution in [3.63, 3.8) is 0 Å². The van der Waals surface area contributed by atoms with E-state index in [1.807, 2.05) is 0 Å². The number of carbonyl (C=O) groups is 1. The molecule has 1 aliphatic carbocycles. The van der Waals surface area contributed by atoms with E-state index in [-0.39, 0.29) is 0 Å². The standard InChI is InChI=1S/C15H21ClN2O2/c1-3-15(5-4-6-15)9-18-13-11(14(19)20-2)7-10(17)8-12(13)16/h7-8,18H,3-6,9,17H2,1-2H3. The van der Waals surface area contributed by atoms with Gasteiger partial charge in [-0.2, -0.15) is 0 Å². The summed E-state index contributed by atoms with van der Waals surface area (Å²) in [7, 11) is 1.35. The second kappa shape index (κ2) is 5.92. The highest BCUT2D eigenvalue weighted by atomic mass is 35.5. The van der Waals surface area contributed by atoms with Crippen LogP contribution in [0.5, 0.6) is 0 Å². The molecule has 110 valence electrons. The largest absolute Gasteiger partial charge is 0.465 e. The van der Waals surface area contributed by atoms with Crippen molar-refractivity contribution in [3.05, 3.63) is 22.7 Å². The summed E-state index contributed by atoms with van der Waals surface area (Å²) in [6.07, 6.45) is 4.84. The number of nitrogens with one attached hydrogen (secondary N) is 1. The fourth-order valence-corrected chi connectivity index (χ4v) is 2.98. The van der Waals surface area contributed by atoms with Gasteiger partial charge in [-0.25, -0.2) is 4.79 Å².